The van der Waals surface area contributed by atoms with E-state index in [1.54, 1.807) is 30.6 Å². The van der Waals surface area contributed by atoms with Gasteiger partial charge in [-0.05, 0) is 23.8 Å². The lowest BCUT2D eigenvalue weighted by molar-refractivity contribution is 0.469. The minimum atomic E-state index is -0.371. The second-order valence-corrected chi connectivity index (χ2v) is 6.48. The third-order valence-corrected chi connectivity index (χ3v) is 4.70. The van der Waals surface area contributed by atoms with E-state index >= 15 is 0 Å². The van der Waals surface area contributed by atoms with Crippen molar-refractivity contribution in [1.82, 2.24) is 9.97 Å². The number of benzene rings is 2. The van der Waals surface area contributed by atoms with Gasteiger partial charge in [-0.15, -0.1) is 11.3 Å². The highest BCUT2D eigenvalue weighted by Gasteiger charge is 2.21. The zero-order valence-corrected chi connectivity index (χ0v) is 13.9. The van der Waals surface area contributed by atoms with E-state index < -0.39 is 0 Å². The number of hydrogen-bond acceptors (Lipinski definition) is 6. The topological polar surface area (TPSA) is 78.3 Å². The van der Waals surface area contributed by atoms with E-state index in [-0.39, 0.29) is 17.5 Å². The minimum absolute atomic E-state index is 0.121. The monoisotopic (exact) mass is 349 g/mol. The van der Waals surface area contributed by atoms with Gasteiger partial charge < -0.3 is 15.5 Å². The van der Waals surface area contributed by atoms with Crippen molar-refractivity contribution < 1.29 is 10.2 Å². The molecule has 0 radical (unpaired) electrons. The highest BCUT2D eigenvalue weighted by molar-refractivity contribution is 7.13. The van der Waals surface area contributed by atoms with E-state index in [0.29, 0.717) is 11.1 Å². The first-order valence-corrected chi connectivity index (χ1v) is 8.62. The van der Waals surface area contributed by atoms with Gasteiger partial charge in [0, 0.05) is 28.7 Å². The number of hydrogen-bond donors (Lipinski definition) is 3. The zero-order chi connectivity index (χ0) is 17.2. The summed E-state index contributed by atoms with van der Waals surface area (Å²) in [7, 11) is 0. The summed E-state index contributed by atoms with van der Waals surface area (Å²) >= 11 is 1.47. The molecule has 0 aliphatic rings. The van der Waals surface area contributed by atoms with E-state index in [1.807, 2.05) is 35.7 Å². The summed E-state index contributed by atoms with van der Waals surface area (Å²) in [5, 5.41) is 27.5. The van der Waals surface area contributed by atoms with Gasteiger partial charge in [0.2, 0.25) is 0 Å². The number of nitrogens with zero attached hydrogens (tertiary/aromatic N) is 2. The molecule has 3 N–H and O–H groups in total. The lowest BCUT2D eigenvalue weighted by atomic mass is 9.96. The van der Waals surface area contributed by atoms with Crippen LogP contribution in [0.2, 0.25) is 0 Å². The van der Waals surface area contributed by atoms with Crippen molar-refractivity contribution >= 4 is 27.4 Å². The van der Waals surface area contributed by atoms with Crippen LogP contribution in [-0.4, -0.2) is 20.2 Å². The lowest BCUT2D eigenvalue weighted by Crippen LogP contribution is -2.12. The van der Waals surface area contributed by atoms with Gasteiger partial charge in [-0.25, -0.2) is 4.98 Å². The Morgan fingerprint density at radius 2 is 1.88 bits per heavy atom. The molecule has 124 valence electrons. The summed E-state index contributed by atoms with van der Waals surface area (Å²) in [6.07, 6.45) is 3.37. The maximum absolute atomic E-state index is 10.8. The van der Waals surface area contributed by atoms with Crippen molar-refractivity contribution in [2.75, 3.05) is 5.32 Å². The van der Waals surface area contributed by atoms with E-state index in [1.165, 1.54) is 11.3 Å². The van der Waals surface area contributed by atoms with Crippen molar-refractivity contribution in [2.24, 2.45) is 0 Å². The molecule has 2 heterocycles. The van der Waals surface area contributed by atoms with Crippen LogP contribution in [0.5, 0.6) is 11.5 Å². The van der Waals surface area contributed by atoms with Crippen molar-refractivity contribution in [3.63, 3.8) is 0 Å². The first-order valence-electron chi connectivity index (χ1n) is 7.74. The van der Waals surface area contributed by atoms with Gasteiger partial charge in [-0.1, -0.05) is 30.3 Å². The largest absolute Gasteiger partial charge is 0.508 e. The molecule has 2 aromatic carbocycles. The Morgan fingerprint density at radius 1 is 0.960 bits per heavy atom. The van der Waals surface area contributed by atoms with Crippen molar-refractivity contribution in [1.29, 1.82) is 0 Å². The summed E-state index contributed by atoms with van der Waals surface area (Å²) in [5.74, 6) is 0.289. The van der Waals surface area contributed by atoms with Gasteiger partial charge in [0.05, 0.1) is 6.04 Å². The third-order valence-electron chi connectivity index (χ3n) is 3.99. The van der Waals surface area contributed by atoms with E-state index in [4.69, 9.17) is 0 Å². The van der Waals surface area contributed by atoms with Gasteiger partial charge in [-0.2, -0.15) is 0 Å². The van der Waals surface area contributed by atoms with Crippen LogP contribution in [0.15, 0.2) is 66.3 Å². The first kappa shape index (κ1) is 15.4. The average molecular weight is 349 g/mol. The summed E-state index contributed by atoms with van der Waals surface area (Å²) in [4.78, 5) is 8.56. The smallest absolute Gasteiger partial charge is 0.183 e. The first-order chi connectivity index (χ1) is 12.2. The van der Waals surface area contributed by atoms with Crippen LogP contribution in [-0.2, 0) is 0 Å². The van der Waals surface area contributed by atoms with Crippen LogP contribution in [0.4, 0.5) is 5.13 Å². The van der Waals surface area contributed by atoms with Crippen molar-refractivity contribution in [3.05, 3.63) is 77.4 Å². The molecule has 0 aliphatic carbocycles. The minimum Gasteiger partial charge on any atom is -0.508 e. The number of rotatable bonds is 4. The van der Waals surface area contributed by atoms with E-state index in [0.717, 1.165) is 16.1 Å². The number of phenols is 2. The molecule has 0 unspecified atom stereocenters. The third kappa shape index (κ3) is 2.99. The van der Waals surface area contributed by atoms with Crippen LogP contribution in [0.3, 0.4) is 0 Å². The highest BCUT2D eigenvalue weighted by Crippen LogP contribution is 2.37. The van der Waals surface area contributed by atoms with Crippen LogP contribution in [0.1, 0.15) is 17.2 Å². The predicted octanol–water partition coefficient (Wildman–Crippen LogP) is 4.30. The van der Waals surface area contributed by atoms with Gasteiger partial charge in [0.1, 0.15) is 17.0 Å². The molecule has 6 heteroatoms. The predicted molar refractivity (Wildman–Crippen MR) is 99.1 cm³/mol. The number of pyridine rings is 1. The SMILES string of the molecule is Oc1cccc([C@H](Nc2nccs2)c2ccc3cccnc3c2O)c1. The normalized spacial score (nSPS) is 12.2. The van der Waals surface area contributed by atoms with Crippen LogP contribution < -0.4 is 5.32 Å². The standard InChI is InChI=1S/C19H15N3O2S/c23-14-5-1-3-13(11-14)16(22-19-21-9-10-25-19)15-7-6-12-4-2-8-20-17(12)18(15)24/h1-11,16,23-24H,(H,21,22)/t16-/m0/s1. The number of aromatic nitrogens is 2. The van der Waals surface area contributed by atoms with Crippen molar-refractivity contribution in [3.8, 4) is 11.5 Å². The fraction of sp³-hybridized carbons (Fsp3) is 0.0526. The second kappa shape index (κ2) is 6.41. The molecule has 0 bridgehead atoms. The molecule has 0 spiro atoms. The van der Waals surface area contributed by atoms with E-state index in [9.17, 15) is 10.2 Å². The average Bonchev–Trinajstić information content (AvgIpc) is 3.14. The number of anilines is 1. The van der Waals surface area contributed by atoms with Gasteiger partial charge in [0.25, 0.3) is 0 Å². The number of aromatic hydroxyl groups is 2. The molecule has 4 rings (SSSR count). The lowest BCUT2D eigenvalue weighted by Gasteiger charge is -2.21. The molecule has 0 fully saturated rings. The Hall–Kier alpha value is -3.12. The maximum atomic E-state index is 10.8. The maximum Gasteiger partial charge on any atom is 0.183 e. The number of nitrogens with one attached hydrogen (secondary N) is 1. The summed E-state index contributed by atoms with van der Waals surface area (Å²) in [5.41, 5.74) is 2.04. The second-order valence-electron chi connectivity index (χ2n) is 5.59. The van der Waals surface area contributed by atoms with Crippen LogP contribution >= 0.6 is 11.3 Å². The Balaban J connectivity index is 1.87. The Morgan fingerprint density at radius 3 is 2.68 bits per heavy atom. The van der Waals surface area contributed by atoms with Gasteiger partial charge >= 0.3 is 0 Å². The number of thiazole rings is 1. The van der Waals surface area contributed by atoms with E-state index in [2.05, 4.69) is 15.3 Å². The summed E-state index contributed by atoms with van der Waals surface area (Å²) < 4.78 is 0. The summed E-state index contributed by atoms with van der Waals surface area (Å²) in [6.45, 7) is 0. The number of phenolic OH excluding ortho intramolecular Hbond substituents is 2. The van der Waals surface area contributed by atoms with Crippen molar-refractivity contribution in [2.45, 2.75) is 6.04 Å². The number of fused-ring (bicyclic) bond motifs is 1. The zero-order valence-electron chi connectivity index (χ0n) is 13.1. The molecule has 5 nitrogen and oxygen atoms in total. The Labute approximate surface area is 148 Å². The molecule has 0 saturated carbocycles. The fourth-order valence-corrected chi connectivity index (χ4v) is 3.40. The highest BCUT2D eigenvalue weighted by atomic mass is 32.1. The molecule has 2 aromatic heterocycles. The Bertz CT molecular complexity index is 1020. The Kier molecular flexibility index (Phi) is 3.95. The molecular formula is C19H15N3O2S. The molecule has 0 saturated heterocycles. The van der Waals surface area contributed by atoms with Crippen LogP contribution in [0, 0.1) is 0 Å². The summed E-state index contributed by atoms with van der Waals surface area (Å²) in [6, 6.07) is 14.1. The quantitative estimate of drug-likeness (QED) is 0.512. The molecular weight excluding hydrogens is 334 g/mol. The molecule has 1 atom stereocenters. The van der Waals surface area contributed by atoms with Crippen LogP contribution in [0.25, 0.3) is 10.9 Å². The van der Waals surface area contributed by atoms with Gasteiger partial charge in [-0.3, -0.25) is 4.98 Å². The molecule has 4 aromatic rings. The molecule has 25 heavy (non-hydrogen) atoms. The van der Waals surface area contributed by atoms with Gasteiger partial charge in [0.15, 0.2) is 5.13 Å². The molecule has 0 aliphatic heterocycles. The molecule has 0 amide bonds. The fourth-order valence-electron chi connectivity index (χ4n) is 2.84.